The second-order valence-corrected chi connectivity index (χ2v) is 4.90. The molecule has 0 atom stereocenters. The molecule has 0 spiro atoms. The van der Waals surface area contributed by atoms with E-state index in [1.807, 2.05) is 27.7 Å². The Balaban J connectivity index is 3.13. The minimum atomic E-state index is -0.320. The first kappa shape index (κ1) is 11.8. The second kappa shape index (κ2) is 4.53. The van der Waals surface area contributed by atoms with E-state index in [-0.39, 0.29) is 16.5 Å². The summed E-state index contributed by atoms with van der Waals surface area (Å²) in [6.07, 6.45) is 1.63. The lowest BCUT2D eigenvalue weighted by molar-refractivity contribution is -0.431. The minimum absolute atomic E-state index is 0.0817. The monoisotopic (exact) mass is 226 g/mol. The molecule has 0 bridgehead atoms. The second-order valence-electron chi connectivity index (χ2n) is 3.66. The van der Waals surface area contributed by atoms with Gasteiger partial charge in [0.15, 0.2) is 0 Å². The summed E-state index contributed by atoms with van der Waals surface area (Å²) in [4.78, 5) is 15.6. The molecule has 82 valence electrons. The first-order valence-electron chi connectivity index (χ1n) is 4.71. The zero-order valence-electron chi connectivity index (χ0n) is 9.27. The molecule has 0 aromatic carbocycles. The van der Waals surface area contributed by atoms with Crippen LogP contribution in [0.3, 0.4) is 0 Å². The SMILES string of the molecule is Cc1nc(C)c(C=C(C(C)C)[N+](=O)[O-])s1. The van der Waals surface area contributed by atoms with Crippen molar-refractivity contribution in [3.63, 3.8) is 0 Å². The molecular weight excluding hydrogens is 212 g/mol. The topological polar surface area (TPSA) is 56.0 Å². The van der Waals surface area contributed by atoms with Crippen LogP contribution in [-0.2, 0) is 0 Å². The van der Waals surface area contributed by atoms with Crippen LogP contribution in [0.4, 0.5) is 0 Å². The van der Waals surface area contributed by atoms with Crippen molar-refractivity contribution < 1.29 is 4.92 Å². The number of allylic oxidation sites excluding steroid dienone is 1. The van der Waals surface area contributed by atoms with Gasteiger partial charge < -0.3 is 0 Å². The smallest absolute Gasteiger partial charge is 0.250 e. The Bertz CT molecular complexity index is 408. The third-order valence-electron chi connectivity index (χ3n) is 2.02. The van der Waals surface area contributed by atoms with Gasteiger partial charge in [-0.25, -0.2) is 4.98 Å². The van der Waals surface area contributed by atoms with Crippen molar-refractivity contribution >= 4 is 17.4 Å². The standard InChI is InChI=1S/C10H14N2O2S/c1-6(2)9(12(13)14)5-10-7(3)11-8(4)15-10/h5-6H,1-4H3. The fourth-order valence-electron chi connectivity index (χ4n) is 1.25. The number of thiazole rings is 1. The lowest BCUT2D eigenvalue weighted by Gasteiger charge is -2.00. The van der Waals surface area contributed by atoms with Crippen LogP contribution in [0, 0.1) is 29.9 Å². The van der Waals surface area contributed by atoms with Gasteiger partial charge in [0.25, 0.3) is 0 Å². The first-order chi connectivity index (χ1) is 6.91. The predicted octanol–water partition coefficient (Wildman–Crippen LogP) is 3.03. The van der Waals surface area contributed by atoms with Crippen LogP contribution in [0.15, 0.2) is 5.70 Å². The van der Waals surface area contributed by atoms with Crippen LogP contribution >= 0.6 is 11.3 Å². The van der Waals surface area contributed by atoms with E-state index in [2.05, 4.69) is 4.98 Å². The highest BCUT2D eigenvalue weighted by atomic mass is 32.1. The van der Waals surface area contributed by atoms with Crippen molar-refractivity contribution in [1.29, 1.82) is 0 Å². The highest BCUT2D eigenvalue weighted by Crippen LogP contribution is 2.23. The van der Waals surface area contributed by atoms with E-state index >= 15 is 0 Å². The number of nitrogens with zero attached hydrogens (tertiary/aromatic N) is 2. The number of nitro groups is 1. The van der Waals surface area contributed by atoms with E-state index in [0.29, 0.717) is 0 Å². The molecule has 1 aromatic heterocycles. The van der Waals surface area contributed by atoms with Crippen molar-refractivity contribution in [3.05, 3.63) is 31.4 Å². The number of hydrogen-bond acceptors (Lipinski definition) is 4. The maximum atomic E-state index is 10.8. The lowest BCUT2D eigenvalue weighted by atomic mass is 10.1. The van der Waals surface area contributed by atoms with Crippen LogP contribution in [0.25, 0.3) is 6.08 Å². The van der Waals surface area contributed by atoms with Crippen molar-refractivity contribution in [2.75, 3.05) is 0 Å². The molecule has 1 heterocycles. The zero-order chi connectivity index (χ0) is 11.6. The molecule has 1 aromatic rings. The molecule has 4 nitrogen and oxygen atoms in total. The Labute approximate surface area is 92.8 Å². The van der Waals surface area contributed by atoms with Crippen molar-refractivity contribution in [1.82, 2.24) is 4.98 Å². The van der Waals surface area contributed by atoms with E-state index in [0.717, 1.165) is 15.6 Å². The van der Waals surface area contributed by atoms with Gasteiger partial charge >= 0.3 is 0 Å². The Morgan fingerprint density at radius 2 is 2.13 bits per heavy atom. The summed E-state index contributed by atoms with van der Waals surface area (Å²) in [5.41, 5.74) is 1.10. The molecule has 0 aliphatic heterocycles. The van der Waals surface area contributed by atoms with E-state index in [1.165, 1.54) is 11.3 Å². The molecule has 0 N–H and O–H groups in total. The van der Waals surface area contributed by atoms with Gasteiger partial charge in [0.1, 0.15) is 0 Å². The van der Waals surface area contributed by atoms with Crippen LogP contribution < -0.4 is 0 Å². The fraction of sp³-hybridized carbons (Fsp3) is 0.500. The average Bonchev–Trinajstić information content (AvgIpc) is 2.39. The summed E-state index contributed by atoms with van der Waals surface area (Å²) < 4.78 is 0. The summed E-state index contributed by atoms with van der Waals surface area (Å²) in [7, 11) is 0. The summed E-state index contributed by atoms with van der Waals surface area (Å²) >= 11 is 1.49. The van der Waals surface area contributed by atoms with Gasteiger partial charge in [-0.05, 0) is 13.8 Å². The lowest BCUT2D eigenvalue weighted by Crippen LogP contribution is -2.05. The third-order valence-corrected chi connectivity index (χ3v) is 3.04. The molecule has 0 amide bonds. The Hall–Kier alpha value is -1.23. The molecule has 0 fully saturated rings. The van der Waals surface area contributed by atoms with Gasteiger partial charge in [-0.15, -0.1) is 11.3 Å². The fourth-order valence-corrected chi connectivity index (χ4v) is 2.12. The van der Waals surface area contributed by atoms with Crippen LogP contribution in [0.1, 0.15) is 29.4 Å². The van der Waals surface area contributed by atoms with Gasteiger partial charge in [-0.1, -0.05) is 13.8 Å². The van der Waals surface area contributed by atoms with Crippen molar-refractivity contribution in [3.8, 4) is 0 Å². The first-order valence-corrected chi connectivity index (χ1v) is 5.53. The minimum Gasteiger partial charge on any atom is -0.259 e. The molecule has 0 saturated heterocycles. The van der Waals surface area contributed by atoms with Crippen LogP contribution in [-0.4, -0.2) is 9.91 Å². The van der Waals surface area contributed by atoms with Gasteiger partial charge in [0.05, 0.1) is 20.5 Å². The van der Waals surface area contributed by atoms with E-state index in [1.54, 1.807) is 6.08 Å². The summed E-state index contributed by atoms with van der Waals surface area (Å²) in [6.45, 7) is 7.40. The number of hydrogen-bond donors (Lipinski definition) is 0. The molecular formula is C10H14N2O2S. The quantitative estimate of drug-likeness (QED) is 0.588. The predicted molar refractivity (Wildman–Crippen MR) is 61.4 cm³/mol. The number of aryl methyl sites for hydroxylation is 2. The summed E-state index contributed by atoms with van der Waals surface area (Å²) in [5.74, 6) is -0.0817. The highest BCUT2D eigenvalue weighted by Gasteiger charge is 2.17. The van der Waals surface area contributed by atoms with Crippen molar-refractivity contribution in [2.45, 2.75) is 27.7 Å². The molecule has 1 rings (SSSR count). The molecule has 15 heavy (non-hydrogen) atoms. The Morgan fingerprint density at radius 1 is 1.53 bits per heavy atom. The van der Waals surface area contributed by atoms with Crippen LogP contribution in [0.5, 0.6) is 0 Å². The van der Waals surface area contributed by atoms with Crippen molar-refractivity contribution in [2.24, 2.45) is 5.92 Å². The maximum Gasteiger partial charge on any atom is 0.250 e. The average molecular weight is 226 g/mol. The molecule has 0 radical (unpaired) electrons. The molecule has 0 aliphatic rings. The Kier molecular flexibility index (Phi) is 3.57. The van der Waals surface area contributed by atoms with Gasteiger partial charge in [-0.3, -0.25) is 10.1 Å². The van der Waals surface area contributed by atoms with Gasteiger partial charge in [-0.2, -0.15) is 0 Å². The summed E-state index contributed by atoms with van der Waals surface area (Å²) in [6, 6.07) is 0. The summed E-state index contributed by atoms with van der Waals surface area (Å²) in [5, 5.41) is 11.7. The number of aromatic nitrogens is 1. The van der Waals surface area contributed by atoms with E-state index in [4.69, 9.17) is 0 Å². The Morgan fingerprint density at radius 3 is 2.47 bits per heavy atom. The van der Waals surface area contributed by atoms with Crippen LogP contribution in [0.2, 0.25) is 0 Å². The molecule has 0 unspecified atom stereocenters. The van der Waals surface area contributed by atoms with E-state index < -0.39 is 0 Å². The molecule has 0 aliphatic carbocycles. The van der Waals surface area contributed by atoms with E-state index in [9.17, 15) is 10.1 Å². The third kappa shape index (κ3) is 2.86. The number of rotatable bonds is 3. The highest BCUT2D eigenvalue weighted by molar-refractivity contribution is 7.12. The normalized spacial score (nSPS) is 12.2. The maximum absolute atomic E-state index is 10.8. The largest absolute Gasteiger partial charge is 0.259 e. The molecule has 5 heteroatoms. The zero-order valence-corrected chi connectivity index (χ0v) is 10.1. The van der Waals surface area contributed by atoms with Gasteiger partial charge in [0.2, 0.25) is 5.70 Å². The molecule has 0 saturated carbocycles. The van der Waals surface area contributed by atoms with Gasteiger partial charge in [0, 0.05) is 12.0 Å².